The van der Waals surface area contributed by atoms with Crippen LogP contribution in [0.4, 0.5) is 13.2 Å². The molecule has 35 heavy (non-hydrogen) atoms. The highest BCUT2D eigenvalue weighted by Gasteiger charge is 2.14. The second kappa shape index (κ2) is 11.9. The molecular formula is C26H25F3N2O4. The Labute approximate surface area is 201 Å². The number of halogens is 3. The molecule has 0 aromatic heterocycles. The summed E-state index contributed by atoms with van der Waals surface area (Å²) in [7, 11) is 0. The van der Waals surface area contributed by atoms with E-state index >= 15 is 0 Å². The smallest absolute Gasteiger partial charge is 0.213 e. The molecule has 3 aromatic carbocycles. The summed E-state index contributed by atoms with van der Waals surface area (Å²) in [4.78, 5) is 0. The average molecular weight is 486 g/mol. The van der Waals surface area contributed by atoms with Gasteiger partial charge in [0.1, 0.15) is 19.0 Å². The fourth-order valence-electron chi connectivity index (χ4n) is 3.14. The first-order chi connectivity index (χ1) is 16.8. The van der Waals surface area contributed by atoms with Crippen LogP contribution in [0.3, 0.4) is 0 Å². The molecule has 0 fully saturated rings. The van der Waals surface area contributed by atoms with Crippen LogP contribution < -0.4 is 9.47 Å². The van der Waals surface area contributed by atoms with Crippen LogP contribution in [-0.2, 0) is 22.7 Å². The van der Waals surface area contributed by atoms with Crippen LogP contribution in [0.1, 0.15) is 36.1 Å². The summed E-state index contributed by atoms with van der Waals surface area (Å²) < 4.78 is 64.6. The van der Waals surface area contributed by atoms with E-state index in [-0.39, 0.29) is 72.0 Å². The van der Waals surface area contributed by atoms with Crippen molar-refractivity contribution in [2.24, 2.45) is 0 Å². The molecule has 0 amide bonds. The van der Waals surface area contributed by atoms with Gasteiger partial charge in [-0.25, -0.2) is 13.2 Å². The molecule has 0 aliphatic carbocycles. The first kappa shape index (κ1) is 25.6. The molecule has 0 saturated carbocycles. The minimum Gasteiger partial charge on any atom is -0.486 e. The zero-order valence-corrected chi connectivity index (χ0v) is 19.3. The first-order valence-corrected chi connectivity index (χ1v) is 10.9. The molecule has 184 valence electrons. The van der Waals surface area contributed by atoms with E-state index in [0.717, 1.165) is 12.1 Å². The van der Waals surface area contributed by atoms with Gasteiger partial charge >= 0.3 is 0 Å². The molecule has 0 saturated heterocycles. The summed E-state index contributed by atoms with van der Waals surface area (Å²) in [6.07, 6.45) is 0. The Morgan fingerprint density at radius 2 is 1.11 bits per heavy atom. The Balaban J connectivity index is 1.65. The first-order valence-electron chi connectivity index (χ1n) is 10.9. The molecular weight excluding hydrogens is 461 g/mol. The van der Waals surface area contributed by atoms with Gasteiger partial charge in [-0.1, -0.05) is 18.2 Å². The zero-order chi connectivity index (χ0) is 25.4. The monoisotopic (exact) mass is 486 g/mol. The number of ether oxygens (including phenoxy) is 4. The lowest BCUT2D eigenvalue weighted by Crippen LogP contribution is -2.08. The topological polar surface area (TPSA) is 84.6 Å². The van der Waals surface area contributed by atoms with Crippen LogP contribution in [0.5, 0.6) is 11.5 Å². The normalized spacial score (nSPS) is 10.5. The highest BCUT2D eigenvalue weighted by molar-refractivity contribution is 5.92. The van der Waals surface area contributed by atoms with Gasteiger partial charge in [0.15, 0.2) is 23.1 Å². The van der Waals surface area contributed by atoms with Crippen molar-refractivity contribution >= 4 is 11.8 Å². The maximum Gasteiger partial charge on any atom is 0.213 e. The van der Waals surface area contributed by atoms with Crippen LogP contribution in [0.2, 0.25) is 0 Å². The second-order valence-electron chi connectivity index (χ2n) is 7.28. The molecule has 9 heteroatoms. The molecule has 2 N–H and O–H groups in total. The van der Waals surface area contributed by atoms with Crippen molar-refractivity contribution in [3.63, 3.8) is 0 Å². The van der Waals surface area contributed by atoms with E-state index in [0.29, 0.717) is 0 Å². The lowest BCUT2D eigenvalue weighted by molar-refractivity contribution is 0.273. The molecule has 0 heterocycles. The van der Waals surface area contributed by atoms with E-state index < -0.39 is 17.5 Å². The van der Waals surface area contributed by atoms with Crippen molar-refractivity contribution < 1.29 is 32.1 Å². The van der Waals surface area contributed by atoms with Gasteiger partial charge in [0.2, 0.25) is 11.8 Å². The Hall–Kier alpha value is -4.01. The maximum absolute atomic E-state index is 15.0. The van der Waals surface area contributed by atoms with Gasteiger partial charge in [0.25, 0.3) is 0 Å². The third-order valence-corrected chi connectivity index (χ3v) is 4.89. The molecule has 0 aliphatic heterocycles. The molecule has 0 unspecified atom stereocenters. The zero-order valence-electron chi connectivity index (χ0n) is 19.3. The van der Waals surface area contributed by atoms with Gasteiger partial charge in [-0.05, 0) is 50.2 Å². The van der Waals surface area contributed by atoms with Crippen LogP contribution in [0.15, 0.2) is 54.6 Å². The molecule has 3 aromatic rings. The van der Waals surface area contributed by atoms with Gasteiger partial charge < -0.3 is 18.9 Å². The molecule has 0 atom stereocenters. The van der Waals surface area contributed by atoms with Crippen LogP contribution >= 0.6 is 0 Å². The molecule has 0 bridgehead atoms. The highest BCUT2D eigenvalue weighted by atomic mass is 19.1. The van der Waals surface area contributed by atoms with Crippen molar-refractivity contribution in [1.29, 1.82) is 10.8 Å². The van der Waals surface area contributed by atoms with Gasteiger partial charge in [0, 0.05) is 22.3 Å². The second-order valence-corrected chi connectivity index (χ2v) is 7.28. The SMILES string of the molecule is CCOC(=N)c1ccc(OCc2cccc(COc3ccc(C(=N)OCC)cc3F)c2F)c(F)c1. The number of hydrogen-bond donors (Lipinski definition) is 2. The van der Waals surface area contributed by atoms with E-state index in [2.05, 4.69) is 0 Å². The van der Waals surface area contributed by atoms with E-state index in [1.807, 2.05) is 0 Å². The van der Waals surface area contributed by atoms with Gasteiger partial charge in [-0.2, -0.15) is 0 Å². The predicted molar refractivity (Wildman–Crippen MR) is 125 cm³/mol. The minimum atomic E-state index is -0.705. The molecule has 3 rings (SSSR count). The van der Waals surface area contributed by atoms with Crippen LogP contribution in [0, 0.1) is 28.3 Å². The average Bonchev–Trinajstić information content (AvgIpc) is 2.84. The predicted octanol–water partition coefficient (Wildman–Crippen LogP) is 5.99. The summed E-state index contributed by atoms with van der Waals surface area (Å²) in [6.45, 7) is 3.52. The van der Waals surface area contributed by atoms with E-state index in [1.54, 1.807) is 19.9 Å². The van der Waals surface area contributed by atoms with Crippen molar-refractivity contribution in [2.75, 3.05) is 13.2 Å². The Morgan fingerprint density at radius 3 is 1.49 bits per heavy atom. The number of benzene rings is 3. The minimum absolute atomic E-state index is 0.0983. The van der Waals surface area contributed by atoms with Crippen LogP contribution in [-0.4, -0.2) is 25.0 Å². The summed E-state index contributed by atoms with van der Waals surface area (Å²) in [5, 5.41) is 15.4. The molecule has 0 aliphatic rings. The van der Waals surface area contributed by atoms with Crippen molar-refractivity contribution in [1.82, 2.24) is 0 Å². The van der Waals surface area contributed by atoms with E-state index in [9.17, 15) is 13.2 Å². The maximum atomic E-state index is 15.0. The van der Waals surface area contributed by atoms with Crippen molar-refractivity contribution in [3.05, 3.63) is 94.3 Å². The number of rotatable bonds is 10. The lowest BCUT2D eigenvalue weighted by atomic mass is 10.1. The summed E-state index contributed by atoms with van der Waals surface area (Å²) in [5.74, 6) is -2.53. The molecule has 6 nitrogen and oxygen atoms in total. The van der Waals surface area contributed by atoms with Crippen LogP contribution in [0.25, 0.3) is 0 Å². The van der Waals surface area contributed by atoms with Gasteiger partial charge in [0.05, 0.1) is 13.2 Å². The third kappa shape index (κ3) is 6.53. The number of nitrogens with one attached hydrogen (secondary N) is 2. The summed E-state index contributed by atoms with van der Waals surface area (Å²) in [5.41, 5.74) is 0.851. The standard InChI is InChI=1S/C26H25F3N2O4/c1-3-32-25(30)16-8-10-22(20(27)12-16)34-14-18-6-5-7-19(24(18)29)15-35-23-11-9-17(13-21(23)28)26(31)33-4-2/h5-13,30-31H,3-4,14-15H2,1-2H3. The highest BCUT2D eigenvalue weighted by Crippen LogP contribution is 2.24. The van der Waals surface area contributed by atoms with Crippen molar-refractivity contribution in [2.45, 2.75) is 27.1 Å². The van der Waals surface area contributed by atoms with E-state index in [1.165, 1.54) is 36.4 Å². The Bertz CT molecular complexity index is 1130. The van der Waals surface area contributed by atoms with Crippen molar-refractivity contribution in [3.8, 4) is 11.5 Å². The Kier molecular flexibility index (Phi) is 8.72. The van der Waals surface area contributed by atoms with Gasteiger partial charge in [-0.3, -0.25) is 10.8 Å². The summed E-state index contributed by atoms with van der Waals surface area (Å²) in [6, 6.07) is 12.5. The molecule has 0 radical (unpaired) electrons. The third-order valence-electron chi connectivity index (χ3n) is 4.89. The van der Waals surface area contributed by atoms with E-state index in [4.69, 9.17) is 29.8 Å². The quantitative estimate of drug-likeness (QED) is 0.273. The number of hydrogen-bond acceptors (Lipinski definition) is 6. The molecule has 0 spiro atoms. The Morgan fingerprint density at radius 1 is 0.686 bits per heavy atom. The lowest BCUT2D eigenvalue weighted by Gasteiger charge is -2.13. The fraction of sp³-hybridized carbons (Fsp3) is 0.231. The fourth-order valence-corrected chi connectivity index (χ4v) is 3.14. The summed E-state index contributed by atoms with van der Waals surface area (Å²) >= 11 is 0. The largest absolute Gasteiger partial charge is 0.486 e. The van der Waals surface area contributed by atoms with Gasteiger partial charge in [-0.15, -0.1) is 0 Å².